The summed E-state index contributed by atoms with van der Waals surface area (Å²) in [6, 6.07) is 5.92. The summed E-state index contributed by atoms with van der Waals surface area (Å²) in [6.45, 7) is 2.39. The van der Waals surface area contributed by atoms with E-state index in [4.69, 9.17) is 26.2 Å². The van der Waals surface area contributed by atoms with Gasteiger partial charge in [-0.3, -0.25) is 14.4 Å². The number of amides is 2. The van der Waals surface area contributed by atoms with Gasteiger partial charge in [-0.25, -0.2) is 0 Å². The molecule has 1 aromatic rings. The van der Waals surface area contributed by atoms with Crippen LogP contribution in [0.5, 0.6) is 0 Å². The van der Waals surface area contributed by atoms with Crippen molar-refractivity contribution in [3.05, 3.63) is 29.3 Å². The molecule has 32 heavy (non-hydrogen) atoms. The van der Waals surface area contributed by atoms with E-state index in [1.165, 1.54) is 0 Å². The number of ether oxygens (including phenoxy) is 2. The Hall–Kier alpha value is -2.16. The number of nitrogens with one attached hydrogen (secondary N) is 1. The van der Waals surface area contributed by atoms with E-state index in [1.54, 1.807) is 36.1 Å². The number of rotatable bonds is 9. The highest BCUT2D eigenvalue weighted by Gasteiger charge is 2.74. The van der Waals surface area contributed by atoms with Crippen LogP contribution in [0.4, 0.5) is 5.69 Å². The maximum absolute atomic E-state index is 13.6. The number of esters is 1. The van der Waals surface area contributed by atoms with Crippen molar-refractivity contribution in [3.63, 3.8) is 0 Å². The lowest BCUT2D eigenvalue weighted by Crippen LogP contribution is -2.53. The number of nitrogens with zero attached hydrogens (tertiary/aromatic N) is 1. The number of fused-ring (bicyclic) bond motifs is 1. The van der Waals surface area contributed by atoms with Crippen molar-refractivity contribution in [1.29, 1.82) is 0 Å². The van der Waals surface area contributed by atoms with Crippen LogP contribution < -0.4 is 5.32 Å². The van der Waals surface area contributed by atoms with E-state index in [0.717, 1.165) is 6.42 Å². The Balaban J connectivity index is 1.63. The Labute approximate surface area is 192 Å². The summed E-state index contributed by atoms with van der Waals surface area (Å²) < 4.78 is 11.5. The summed E-state index contributed by atoms with van der Waals surface area (Å²) >= 11 is 5.95. The van der Waals surface area contributed by atoms with Gasteiger partial charge in [-0.1, -0.05) is 11.6 Å². The molecule has 3 saturated heterocycles. The zero-order valence-corrected chi connectivity index (χ0v) is 18.8. The predicted octanol–water partition coefficient (Wildman–Crippen LogP) is 2.38. The van der Waals surface area contributed by atoms with Gasteiger partial charge in [0.25, 0.3) is 0 Å². The molecule has 0 unspecified atom stereocenters. The number of unbranched alkanes of at least 4 members (excludes halogenated alkanes) is 2. The minimum atomic E-state index is -1.04. The molecule has 3 heterocycles. The van der Waals surface area contributed by atoms with Gasteiger partial charge in [-0.2, -0.15) is 0 Å². The number of aliphatic hydroxyl groups is 1. The average Bonchev–Trinajstić information content (AvgIpc) is 3.40. The maximum Gasteiger partial charge on any atom is 0.312 e. The van der Waals surface area contributed by atoms with Gasteiger partial charge in [0.2, 0.25) is 11.8 Å². The minimum absolute atomic E-state index is 0.0801. The summed E-state index contributed by atoms with van der Waals surface area (Å²) in [5.41, 5.74) is -0.464. The fraction of sp³-hybridized carbons (Fsp3) is 0.609. The molecule has 5 atom stereocenters. The van der Waals surface area contributed by atoms with Crippen molar-refractivity contribution in [1.82, 2.24) is 4.90 Å². The SMILES string of the molecule is CCOC(=O)[C@@H]1[C@@H]2CC[C@]3(O2)[C@H](C(=O)Nc2ccc(Cl)cc2)N(CCCCCO)C(=O)[C@@H]13. The van der Waals surface area contributed by atoms with Crippen molar-refractivity contribution >= 4 is 35.1 Å². The number of aliphatic hydroxyl groups excluding tert-OH is 1. The smallest absolute Gasteiger partial charge is 0.312 e. The molecule has 0 saturated carbocycles. The van der Waals surface area contributed by atoms with Gasteiger partial charge in [0, 0.05) is 23.9 Å². The van der Waals surface area contributed by atoms with Crippen LogP contribution >= 0.6 is 11.6 Å². The first-order chi connectivity index (χ1) is 15.4. The summed E-state index contributed by atoms with van der Waals surface area (Å²) in [4.78, 5) is 41.3. The topological polar surface area (TPSA) is 105 Å². The Morgan fingerprint density at radius 1 is 1.28 bits per heavy atom. The van der Waals surface area contributed by atoms with Crippen molar-refractivity contribution in [2.75, 3.05) is 25.1 Å². The molecule has 0 aliphatic carbocycles. The number of carbonyl (C=O) groups is 3. The molecule has 0 radical (unpaired) electrons. The third-order valence-corrected chi connectivity index (χ3v) is 7.03. The third-order valence-electron chi connectivity index (χ3n) is 6.78. The summed E-state index contributed by atoms with van der Waals surface area (Å²) in [6.07, 6.45) is 2.74. The van der Waals surface area contributed by atoms with Crippen LogP contribution in [0.25, 0.3) is 0 Å². The molecule has 9 heteroatoms. The number of likely N-dealkylation sites (tertiary alicyclic amines) is 1. The molecule has 2 N–H and O–H groups in total. The van der Waals surface area contributed by atoms with Gasteiger partial charge >= 0.3 is 5.97 Å². The second kappa shape index (κ2) is 9.37. The van der Waals surface area contributed by atoms with Gasteiger partial charge in [0.1, 0.15) is 11.6 Å². The highest BCUT2D eigenvalue weighted by Crippen LogP contribution is 2.58. The van der Waals surface area contributed by atoms with Crippen LogP contribution in [0.1, 0.15) is 39.0 Å². The highest BCUT2D eigenvalue weighted by atomic mass is 35.5. The molecule has 2 amide bonds. The summed E-state index contributed by atoms with van der Waals surface area (Å²) in [5, 5.41) is 12.5. The average molecular weight is 465 g/mol. The van der Waals surface area contributed by atoms with Gasteiger partial charge in [-0.15, -0.1) is 0 Å². The van der Waals surface area contributed by atoms with Gasteiger partial charge in [0.05, 0.1) is 24.5 Å². The van der Waals surface area contributed by atoms with E-state index >= 15 is 0 Å². The predicted molar refractivity (Wildman–Crippen MR) is 117 cm³/mol. The molecule has 2 bridgehead atoms. The van der Waals surface area contributed by atoms with Crippen LogP contribution in [0.2, 0.25) is 5.02 Å². The maximum atomic E-state index is 13.6. The number of halogens is 1. The highest BCUT2D eigenvalue weighted by molar-refractivity contribution is 6.30. The first kappa shape index (κ1) is 23.0. The van der Waals surface area contributed by atoms with Crippen LogP contribution in [0.15, 0.2) is 24.3 Å². The minimum Gasteiger partial charge on any atom is -0.466 e. The van der Waals surface area contributed by atoms with Crippen molar-refractivity contribution in [3.8, 4) is 0 Å². The lowest BCUT2D eigenvalue weighted by molar-refractivity contribution is -0.154. The quantitative estimate of drug-likeness (QED) is 0.429. The van der Waals surface area contributed by atoms with Crippen molar-refractivity contribution in [2.45, 2.75) is 56.8 Å². The number of hydrogen-bond donors (Lipinski definition) is 2. The van der Waals surface area contributed by atoms with E-state index in [9.17, 15) is 14.4 Å². The van der Waals surface area contributed by atoms with E-state index in [-0.39, 0.29) is 25.0 Å². The third kappa shape index (κ3) is 3.89. The Morgan fingerprint density at radius 3 is 2.72 bits per heavy atom. The molecular formula is C23H29ClN2O6. The molecule has 0 aromatic heterocycles. The second-order valence-corrected chi connectivity index (χ2v) is 9.06. The summed E-state index contributed by atoms with van der Waals surface area (Å²) in [7, 11) is 0. The number of hydrogen-bond acceptors (Lipinski definition) is 6. The Kier molecular flexibility index (Phi) is 6.74. The molecule has 3 fully saturated rings. The van der Waals surface area contributed by atoms with Crippen LogP contribution in [0, 0.1) is 11.8 Å². The van der Waals surface area contributed by atoms with Gasteiger partial charge in [0.15, 0.2) is 0 Å². The molecule has 1 aromatic carbocycles. The standard InChI is InChI=1S/C23H29ClN2O6/c1-2-31-22(30)17-16-10-11-23(32-16)18(17)21(29)26(12-4-3-5-13-27)19(23)20(28)25-15-8-6-14(24)7-9-15/h6-9,16-19,27H,2-5,10-13H2,1H3,(H,25,28)/t16-,17+,18+,19-,23+/m0/s1. The number of benzene rings is 1. The lowest BCUT2D eigenvalue weighted by atomic mass is 9.71. The molecule has 4 rings (SSSR count). The zero-order chi connectivity index (χ0) is 22.9. The fourth-order valence-corrected chi connectivity index (χ4v) is 5.64. The number of carbonyl (C=O) groups excluding carboxylic acids is 3. The summed E-state index contributed by atoms with van der Waals surface area (Å²) in [5.74, 6) is -2.42. The van der Waals surface area contributed by atoms with Crippen LogP contribution in [-0.4, -0.2) is 65.3 Å². The Bertz CT molecular complexity index is 878. The normalized spacial score (nSPS) is 30.5. The monoisotopic (exact) mass is 464 g/mol. The molecule has 1 spiro atoms. The largest absolute Gasteiger partial charge is 0.466 e. The first-order valence-corrected chi connectivity index (χ1v) is 11.6. The first-order valence-electron chi connectivity index (χ1n) is 11.2. The molecule has 3 aliphatic rings. The second-order valence-electron chi connectivity index (χ2n) is 8.62. The van der Waals surface area contributed by atoms with Crippen molar-refractivity contribution < 1.29 is 29.0 Å². The van der Waals surface area contributed by atoms with Gasteiger partial charge in [-0.05, 0) is 63.3 Å². The van der Waals surface area contributed by atoms with E-state index in [1.807, 2.05) is 0 Å². The molecule has 3 aliphatic heterocycles. The molecule has 174 valence electrons. The zero-order valence-electron chi connectivity index (χ0n) is 18.1. The fourth-order valence-electron chi connectivity index (χ4n) is 5.51. The lowest BCUT2D eigenvalue weighted by Gasteiger charge is -2.33. The van der Waals surface area contributed by atoms with Gasteiger partial charge < -0.3 is 24.8 Å². The molecule has 8 nitrogen and oxygen atoms in total. The number of anilines is 1. The van der Waals surface area contributed by atoms with Crippen LogP contribution in [0.3, 0.4) is 0 Å². The van der Waals surface area contributed by atoms with E-state index < -0.39 is 35.6 Å². The van der Waals surface area contributed by atoms with Crippen LogP contribution in [-0.2, 0) is 23.9 Å². The van der Waals surface area contributed by atoms with E-state index in [0.29, 0.717) is 42.9 Å². The molecular weight excluding hydrogens is 436 g/mol. The van der Waals surface area contributed by atoms with E-state index in [2.05, 4.69) is 5.32 Å². The van der Waals surface area contributed by atoms with Crippen molar-refractivity contribution in [2.24, 2.45) is 11.8 Å². The Morgan fingerprint density at radius 2 is 2.03 bits per heavy atom.